The Morgan fingerprint density at radius 3 is 1.47 bits per heavy atom. The van der Waals surface area contributed by atoms with Crippen LogP contribution in [0.15, 0.2) is 24.3 Å². The van der Waals surface area contributed by atoms with Crippen LogP contribution in [0.5, 0.6) is 0 Å². The summed E-state index contributed by atoms with van der Waals surface area (Å²) >= 11 is 0. The molecule has 0 aliphatic heterocycles. The Bertz CT molecular complexity index is 4420. The lowest BCUT2D eigenvalue weighted by Crippen LogP contribution is -2.52. The fourth-order valence-electron chi connectivity index (χ4n) is 18.3. The van der Waals surface area contributed by atoms with Gasteiger partial charge in [0.25, 0.3) is 0 Å². The van der Waals surface area contributed by atoms with E-state index in [1.807, 2.05) is 0 Å². The van der Waals surface area contributed by atoms with Crippen molar-refractivity contribution in [2.24, 2.45) is 29.1 Å². The second kappa shape index (κ2) is 12.8. The summed E-state index contributed by atoms with van der Waals surface area (Å²) in [5.74, 6) is -5.21. The molecule has 6 atom stereocenters. The zero-order chi connectivity index (χ0) is 50.0. The Morgan fingerprint density at radius 1 is 0.459 bits per heavy atom. The molecule has 10 aromatic rings. The third kappa shape index (κ3) is 3.79. The number of hydrogen-bond donors (Lipinski definition) is 10. The molecule has 14 nitrogen and oxygen atoms in total. The van der Waals surface area contributed by atoms with E-state index in [4.69, 9.17) is 0 Å². The first kappa shape index (κ1) is 41.8. The molecule has 8 aliphatic rings. The van der Waals surface area contributed by atoms with Gasteiger partial charge in [-0.05, 0) is 164 Å². The highest BCUT2D eigenvalue weighted by Crippen LogP contribution is 2.81. The zero-order valence-electron chi connectivity index (χ0n) is 39.5. The van der Waals surface area contributed by atoms with Crippen LogP contribution >= 0.6 is 0 Å². The van der Waals surface area contributed by atoms with Gasteiger partial charge in [0.2, 0.25) is 11.8 Å². The van der Waals surface area contributed by atoms with E-state index in [2.05, 4.69) is 47.1 Å². The van der Waals surface area contributed by atoms with Crippen molar-refractivity contribution < 1.29 is 60.0 Å². The van der Waals surface area contributed by atoms with Gasteiger partial charge < -0.3 is 51.5 Å². The molecule has 2 saturated carbocycles. The van der Waals surface area contributed by atoms with Crippen LogP contribution in [-0.4, -0.2) is 129 Å². The molecule has 14 heteroatoms. The van der Waals surface area contributed by atoms with Crippen molar-refractivity contribution in [3.05, 3.63) is 74.0 Å². The monoisotopic (exact) mass is 986 g/mol. The van der Waals surface area contributed by atoms with Gasteiger partial charge in [0.1, 0.15) is 10.8 Å². The van der Waals surface area contributed by atoms with Gasteiger partial charge in [-0.3, -0.25) is 19.2 Å². The normalized spacial score (nSPS) is 24.2. The largest absolute Gasteiger partial charge is 0.396 e. The highest BCUT2D eigenvalue weighted by atomic mass is 16.3. The molecule has 10 N–H and O–H groups in total. The quantitative estimate of drug-likeness (QED) is 0.0440. The average Bonchev–Trinajstić information content (AvgIpc) is 3.94. The van der Waals surface area contributed by atoms with E-state index < -0.39 is 123 Å². The summed E-state index contributed by atoms with van der Waals surface area (Å²) < 4.78 is 0. The first-order valence-electron chi connectivity index (χ1n) is 26.2. The number of benzene rings is 5. The van der Waals surface area contributed by atoms with Gasteiger partial charge in [0.05, 0.1) is 38.5 Å². The molecular weight excluding hydrogens is 941 g/mol. The summed E-state index contributed by atoms with van der Waals surface area (Å²) in [6, 6.07) is 1.99. The van der Waals surface area contributed by atoms with Crippen molar-refractivity contribution in [1.29, 1.82) is 0 Å². The minimum absolute atomic E-state index is 0.0377. The van der Waals surface area contributed by atoms with Crippen LogP contribution in [0.25, 0.3) is 115 Å². The summed E-state index contributed by atoms with van der Waals surface area (Å²) in [6.45, 7) is -4.15. The van der Waals surface area contributed by atoms with E-state index in [1.165, 1.54) is 43.5 Å². The van der Waals surface area contributed by atoms with Crippen LogP contribution in [0.2, 0.25) is 0 Å². The molecule has 8 aliphatic carbocycles. The molecule has 2 fully saturated rings. The van der Waals surface area contributed by atoms with Crippen LogP contribution in [0.3, 0.4) is 0 Å². The van der Waals surface area contributed by atoms with Crippen LogP contribution in [-0.2, 0) is 24.6 Å². The lowest BCUT2D eigenvalue weighted by molar-refractivity contribution is -0.139. The molecule has 10 aromatic carbocycles. The maximum atomic E-state index is 15.6. The number of aliphatic hydroxyl groups excluding tert-OH is 8. The van der Waals surface area contributed by atoms with Crippen LogP contribution < -0.4 is 15.9 Å². The van der Waals surface area contributed by atoms with Gasteiger partial charge in [-0.1, -0.05) is 36.4 Å². The van der Waals surface area contributed by atoms with Crippen LogP contribution in [0, 0.1) is 29.1 Å². The maximum absolute atomic E-state index is 15.6. The highest BCUT2D eigenvalue weighted by Gasteiger charge is 2.78. The lowest BCUT2D eigenvalue weighted by Gasteiger charge is -2.29. The van der Waals surface area contributed by atoms with E-state index in [-0.39, 0.29) is 36.5 Å². The molecule has 74 heavy (non-hydrogen) atoms. The predicted molar refractivity (Wildman–Crippen MR) is 276 cm³/mol. The Kier molecular flexibility index (Phi) is 7.23. The van der Waals surface area contributed by atoms with Crippen molar-refractivity contribution in [3.63, 3.8) is 0 Å². The summed E-state index contributed by atoms with van der Waals surface area (Å²) in [6.07, 6.45) is 8.58. The van der Waals surface area contributed by atoms with Gasteiger partial charge in [0.15, 0.2) is 11.6 Å². The number of rotatable bonds is 18. The number of hydrogen-bond acceptors (Lipinski definition) is 12. The molecule has 0 radical (unpaired) electrons. The third-order valence-electron chi connectivity index (χ3n) is 20.9. The first-order valence-corrected chi connectivity index (χ1v) is 26.2. The second-order valence-electron chi connectivity index (χ2n) is 23.4. The smallest absolute Gasteiger partial charge is 0.237 e. The van der Waals surface area contributed by atoms with Gasteiger partial charge in [-0.2, -0.15) is 0 Å². The molecule has 0 saturated heterocycles. The fourth-order valence-corrected chi connectivity index (χ4v) is 18.3. The number of allylic oxidation sites excluding steroid dienone is 2. The van der Waals surface area contributed by atoms with E-state index in [9.17, 15) is 40.9 Å². The number of nitrogens with one attached hydrogen (secondary N) is 2. The number of amides is 2. The van der Waals surface area contributed by atoms with Gasteiger partial charge in [0, 0.05) is 74.8 Å². The molecule has 0 spiro atoms. The summed E-state index contributed by atoms with van der Waals surface area (Å²) in [4.78, 5) is 62.0. The Hall–Kier alpha value is -6.46. The van der Waals surface area contributed by atoms with Crippen molar-refractivity contribution >= 4 is 138 Å². The summed E-state index contributed by atoms with van der Waals surface area (Å²) in [5.41, 5.74) is 5.26. The standard InChI is InChI=1S/C60H46N2O12/c63-9-17(10-64)7-27(71)59(28(72)8-18(11-65)12-66)53-35-23-3-1-21-22-2-4-24-32-30(22)39-29(21)31(23)40-44(35)45-36(54(53)59)25-5-6-26-34-33(25)42(45)51-49(40)48(39)50-41(32)46-37(24)55-56(38(26)47(46)43(34)52(50)51)60(55,57(73)61-19(13-67)14-68)58(74)62-20(15-69)16-70/h1-6,17-22,29-30,55-56,63-70H,7-16H2,(H,61,73)(H,62,74). The average molecular weight is 987 g/mol. The molecular formula is C60H46N2O12. The van der Waals surface area contributed by atoms with Crippen molar-refractivity contribution in [2.45, 2.75) is 54.0 Å². The summed E-state index contributed by atoms with van der Waals surface area (Å²) in [7, 11) is 0. The molecule has 0 bridgehead atoms. The number of fused-ring (bicyclic) bond motifs is 11. The predicted octanol–water partition coefficient (Wildman–Crippen LogP) is 2.89. The van der Waals surface area contributed by atoms with E-state index in [0.29, 0.717) is 11.1 Å². The molecule has 368 valence electrons. The molecule has 0 heterocycles. The number of carbonyl (C=O) groups excluding carboxylic acids is 4. The molecule has 6 unspecified atom stereocenters. The van der Waals surface area contributed by atoms with E-state index >= 15 is 19.2 Å². The van der Waals surface area contributed by atoms with Gasteiger partial charge in [-0.15, -0.1) is 0 Å². The topological polar surface area (TPSA) is 254 Å². The van der Waals surface area contributed by atoms with Gasteiger partial charge >= 0.3 is 0 Å². The minimum atomic E-state index is -1.83. The number of aliphatic hydroxyl groups is 8. The zero-order valence-corrected chi connectivity index (χ0v) is 39.5. The fraction of sp³-hybridized carbons (Fsp3) is 0.367. The Balaban J connectivity index is 1.05. The van der Waals surface area contributed by atoms with Crippen LogP contribution in [0.4, 0.5) is 0 Å². The SMILES string of the molecule is O=C(CC(CO)CO)C1(C(=O)CC(CO)CO)c2c1c1c3ccc4c5c6c7c(c8c9c7c7c%10c%11c%12c%13c(c2c%12c1c1c3c4c6c7c%111)C=CC1C%13C=%10C9C1C=C8)C1C5C1(C(=O)NC(CO)CO)C(=O)NC(CO)CO. The van der Waals surface area contributed by atoms with Crippen molar-refractivity contribution in [2.75, 3.05) is 52.9 Å². The maximum Gasteiger partial charge on any atom is 0.237 e. The van der Waals surface area contributed by atoms with Gasteiger partial charge in [-0.25, -0.2) is 0 Å². The number of ketones is 2. The number of carbonyl (C=O) groups is 4. The first-order chi connectivity index (χ1) is 36.1. The molecule has 18 rings (SSSR count). The minimum Gasteiger partial charge on any atom is -0.396 e. The highest BCUT2D eigenvalue weighted by molar-refractivity contribution is 6.61. The number of Topliss-reactive ketones (excluding diaryl/α,β-unsaturated/α-hetero) is 2. The Morgan fingerprint density at radius 2 is 0.892 bits per heavy atom. The van der Waals surface area contributed by atoms with Crippen molar-refractivity contribution in [1.82, 2.24) is 10.6 Å². The van der Waals surface area contributed by atoms with Crippen molar-refractivity contribution in [3.8, 4) is 0 Å². The van der Waals surface area contributed by atoms with Crippen LogP contribution in [0.1, 0.15) is 81.0 Å². The summed E-state index contributed by atoms with van der Waals surface area (Å²) in [5, 5.41) is 109. The third-order valence-corrected chi connectivity index (χ3v) is 20.9. The Labute approximate surface area is 417 Å². The van der Waals surface area contributed by atoms with E-state index in [0.717, 1.165) is 97.7 Å². The second-order valence-corrected chi connectivity index (χ2v) is 23.4. The molecule has 0 aromatic heterocycles. The van der Waals surface area contributed by atoms with E-state index in [1.54, 1.807) is 0 Å². The lowest BCUT2D eigenvalue weighted by atomic mass is 9.74. The molecule has 2 amide bonds.